The van der Waals surface area contributed by atoms with E-state index in [0.29, 0.717) is 11.8 Å². The van der Waals surface area contributed by atoms with Gasteiger partial charge in [0.25, 0.3) is 0 Å². The summed E-state index contributed by atoms with van der Waals surface area (Å²) in [6, 6.07) is 1.82. The molecule has 1 aromatic heterocycles. The molecule has 3 atom stereocenters. The van der Waals surface area contributed by atoms with E-state index in [1.165, 1.54) is 6.33 Å². The third kappa shape index (κ3) is 6.36. The van der Waals surface area contributed by atoms with Gasteiger partial charge in [-0.15, -0.1) is 0 Å². The molecule has 0 radical (unpaired) electrons. The molecule has 0 spiro atoms. The maximum atomic E-state index is 6.86. The van der Waals surface area contributed by atoms with Crippen LogP contribution in [-0.2, 0) is 8.85 Å². The van der Waals surface area contributed by atoms with Gasteiger partial charge in [0, 0.05) is 31.2 Å². The van der Waals surface area contributed by atoms with Gasteiger partial charge in [0.05, 0.1) is 6.10 Å². The van der Waals surface area contributed by atoms with Crippen LogP contribution in [0.15, 0.2) is 18.6 Å². The third-order valence-electron chi connectivity index (χ3n) is 7.15. The Morgan fingerprint density at radius 3 is 2.10 bits per heavy atom. The SMILES string of the molecule is CC(C)(C)[Si](C)(C)OC[C@H]1C[C@@H](Oc2ccncn2)CC1O[Si](C)(C)C(C)(C)C. The number of aromatic nitrogens is 2. The minimum atomic E-state index is -1.87. The van der Waals surface area contributed by atoms with Crippen molar-refractivity contribution in [2.75, 3.05) is 6.61 Å². The summed E-state index contributed by atoms with van der Waals surface area (Å²) < 4.78 is 19.6. The summed E-state index contributed by atoms with van der Waals surface area (Å²) in [5.74, 6) is 0.993. The monoisotopic (exact) mass is 438 g/mol. The van der Waals surface area contributed by atoms with Crippen molar-refractivity contribution in [2.24, 2.45) is 5.92 Å². The zero-order chi connectivity index (χ0) is 22.1. The number of hydrogen-bond donors (Lipinski definition) is 0. The summed E-state index contributed by atoms with van der Waals surface area (Å²) in [5.41, 5.74) is 0. The van der Waals surface area contributed by atoms with E-state index in [1.54, 1.807) is 6.20 Å². The molecule has 2 rings (SSSR count). The molecular weight excluding hydrogens is 396 g/mol. The lowest BCUT2D eigenvalue weighted by Crippen LogP contribution is -2.46. The molecule has 7 heteroatoms. The molecular formula is C22H42N2O3Si2. The molecule has 0 aliphatic heterocycles. The first-order chi connectivity index (χ1) is 13.1. The topological polar surface area (TPSA) is 53.5 Å². The highest BCUT2D eigenvalue weighted by atomic mass is 28.4. The number of rotatable bonds is 7. The fourth-order valence-electron chi connectivity index (χ4n) is 3.06. The van der Waals surface area contributed by atoms with E-state index in [1.807, 2.05) is 6.07 Å². The molecule has 0 bridgehead atoms. The third-order valence-corrected chi connectivity index (χ3v) is 16.2. The van der Waals surface area contributed by atoms with Crippen LogP contribution >= 0.6 is 0 Å². The first kappa shape index (κ1) is 24.5. The van der Waals surface area contributed by atoms with E-state index in [2.05, 4.69) is 77.7 Å². The van der Waals surface area contributed by atoms with Crippen molar-refractivity contribution < 1.29 is 13.6 Å². The second-order valence-electron chi connectivity index (χ2n) is 11.5. The summed E-state index contributed by atoms with van der Waals surface area (Å²) in [6.07, 6.45) is 5.37. The molecule has 5 nitrogen and oxygen atoms in total. The van der Waals surface area contributed by atoms with Crippen LogP contribution in [0.4, 0.5) is 0 Å². The van der Waals surface area contributed by atoms with Crippen molar-refractivity contribution in [1.29, 1.82) is 0 Å². The molecule has 1 aliphatic carbocycles. The van der Waals surface area contributed by atoms with Crippen molar-refractivity contribution in [1.82, 2.24) is 9.97 Å². The number of ether oxygens (including phenoxy) is 1. The van der Waals surface area contributed by atoms with E-state index in [4.69, 9.17) is 13.6 Å². The molecule has 29 heavy (non-hydrogen) atoms. The van der Waals surface area contributed by atoms with E-state index in [-0.39, 0.29) is 22.3 Å². The van der Waals surface area contributed by atoms with Gasteiger partial charge in [-0.2, -0.15) is 0 Å². The lowest BCUT2D eigenvalue weighted by molar-refractivity contribution is 0.0999. The fraction of sp³-hybridized carbons (Fsp3) is 0.818. The minimum Gasteiger partial charge on any atom is -0.474 e. The largest absolute Gasteiger partial charge is 0.474 e. The zero-order valence-corrected chi connectivity index (χ0v) is 22.2. The summed E-state index contributed by atoms with van der Waals surface area (Å²) in [4.78, 5) is 8.21. The first-order valence-corrected chi connectivity index (χ1v) is 16.7. The highest BCUT2D eigenvalue weighted by molar-refractivity contribution is 6.74. The van der Waals surface area contributed by atoms with Crippen LogP contribution in [0.25, 0.3) is 0 Å². The molecule has 0 N–H and O–H groups in total. The predicted molar refractivity (Wildman–Crippen MR) is 124 cm³/mol. The molecule has 1 heterocycles. The van der Waals surface area contributed by atoms with Gasteiger partial charge in [-0.05, 0) is 42.7 Å². The Balaban J connectivity index is 2.13. The van der Waals surface area contributed by atoms with Gasteiger partial charge in [-0.25, -0.2) is 9.97 Å². The normalized spacial score (nSPS) is 24.0. The molecule has 1 aromatic rings. The van der Waals surface area contributed by atoms with Crippen LogP contribution in [0.5, 0.6) is 5.88 Å². The van der Waals surface area contributed by atoms with E-state index in [0.717, 1.165) is 19.4 Å². The van der Waals surface area contributed by atoms with Gasteiger partial charge in [-0.3, -0.25) is 0 Å². The van der Waals surface area contributed by atoms with Crippen molar-refractivity contribution in [3.05, 3.63) is 18.6 Å². The van der Waals surface area contributed by atoms with Crippen LogP contribution in [-0.4, -0.2) is 45.4 Å². The number of nitrogens with zero attached hydrogens (tertiary/aromatic N) is 2. The fourth-order valence-corrected chi connectivity index (χ4v) is 5.52. The predicted octanol–water partition coefficient (Wildman–Crippen LogP) is 6.05. The maximum absolute atomic E-state index is 6.86. The Hall–Kier alpha value is -0.766. The van der Waals surface area contributed by atoms with Crippen molar-refractivity contribution >= 4 is 16.6 Å². The van der Waals surface area contributed by atoms with E-state index < -0.39 is 16.6 Å². The van der Waals surface area contributed by atoms with Crippen LogP contribution in [0.2, 0.25) is 36.3 Å². The zero-order valence-electron chi connectivity index (χ0n) is 20.2. The lowest BCUT2D eigenvalue weighted by atomic mass is 10.1. The van der Waals surface area contributed by atoms with Gasteiger partial charge in [0.15, 0.2) is 16.6 Å². The molecule has 1 unspecified atom stereocenters. The van der Waals surface area contributed by atoms with Gasteiger partial charge in [0.1, 0.15) is 12.4 Å². The highest BCUT2D eigenvalue weighted by Gasteiger charge is 2.46. The number of hydrogen-bond acceptors (Lipinski definition) is 5. The van der Waals surface area contributed by atoms with E-state index in [9.17, 15) is 0 Å². The van der Waals surface area contributed by atoms with Gasteiger partial charge < -0.3 is 13.6 Å². The standard InChI is InChI=1S/C22H42N2O3Si2/c1-21(2,3)28(7,8)25-15-17-13-18(26-20-11-12-23-16-24-20)14-19(17)27-29(9,10)22(4,5)6/h11-12,16-19H,13-15H2,1-10H3/t17-,18-,19?/m1/s1. The quantitative estimate of drug-likeness (QED) is 0.485. The van der Waals surface area contributed by atoms with Gasteiger partial charge in [-0.1, -0.05) is 41.5 Å². The van der Waals surface area contributed by atoms with Crippen molar-refractivity contribution in [2.45, 2.75) is 103 Å². The van der Waals surface area contributed by atoms with Crippen LogP contribution < -0.4 is 4.74 Å². The second kappa shape index (κ2) is 8.77. The Bertz CT molecular complexity index is 654. The van der Waals surface area contributed by atoms with E-state index >= 15 is 0 Å². The van der Waals surface area contributed by atoms with Crippen LogP contribution in [0.3, 0.4) is 0 Å². The van der Waals surface area contributed by atoms with Crippen molar-refractivity contribution in [3.63, 3.8) is 0 Å². The molecule has 1 aliphatic rings. The molecule has 0 saturated heterocycles. The molecule has 0 amide bonds. The van der Waals surface area contributed by atoms with Crippen LogP contribution in [0.1, 0.15) is 54.4 Å². The summed E-state index contributed by atoms with van der Waals surface area (Å²) in [5, 5.41) is 0.391. The molecule has 166 valence electrons. The smallest absolute Gasteiger partial charge is 0.216 e. The summed E-state index contributed by atoms with van der Waals surface area (Å²) in [7, 11) is -3.67. The highest BCUT2D eigenvalue weighted by Crippen LogP contribution is 2.43. The molecule has 0 aromatic carbocycles. The molecule has 1 saturated carbocycles. The Kier molecular flexibility index (Phi) is 7.41. The van der Waals surface area contributed by atoms with Gasteiger partial charge >= 0.3 is 0 Å². The minimum absolute atomic E-state index is 0.104. The lowest BCUT2D eigenvalue weighted by Gasteiger charge is -2.41. The Labute approximate surface area is 180 Å². The average Bonchev–Trinajstić information content (AvgIpc) is 2.92. The summed E-state index contributed by atoms with van der Waals surface area (Å²) >= 11 is 0. The van der Waals surface area contributed by atoms with Crippen molar-refractivity contribution in [3.8, 4) is 5.88 Å². The molecule has 1 fully saturated rings. The van der Waals surface area contributed by atoms with Crippen LogP contribution in [0, 0.1) is 5.92 Å². The first-order valence-electron chi connectivity index (χ1n) is 10.9. The maximum Gasteiger partial charge on any atom is 0.216 e. The Morgan fingerprint density at radius 1 is 0.966 bits per heavy atom. The van der Waals surface area contributed by atoms with Gasteiger partial charge in [0.2, 0.25) is 5.88 Å². The average molecular weight is 439 g/mol. The second-order valence-corrected chi connectivity index (χ2v) is 21.1. The summed E-state index contributed by atoms with van der Waals surface area (Å²) in [6.45, 7) is 23.8. The Morgan fingerprint density at radius 2 is 1.59 bits per heavy atom.